The van der Waals surface area contributed by atoms with Crippen LogP contribution in [0.3, 0.4) is 0 Å². The van der Waals surface area contributed by atoms with E-state index in [2.05, 4.69) is 16.2 Å². The number of terminal acetylenes is 1. The molecule has 1 aromatic carbocycles. The molecule has 0 saturated carbocycles. The van der Waals surface area contributed by atoms with E-state index in [9.17, 15) is 9.59 Å². The van der Waals surface area contributed by atoms with Gasteiger partial charge in [0.05, 0.1) is 12.6 Å². The molecule has 0 unspecified atom stereocenters. The summed E-state index contributed by atoms with van der Waals surface area (Å²) >= 11 is 0. The molecule has 2 aromatic rings. The Balaban J connectivity index is 2.12. The minimum atomic E-state index is -0.728. The zero-order chi connectivity index (χ0) is 16.7. The first kappa shape index (κ1) is 16.5. The maximum atomic E-state index is 12.3. The highest BCUT2D eigenvalue weighted by molar-refractivity contribution is 5.97. The molecule has 0 bridgehead atoms. The SMILES string of the molecule is C#CCCC[C@@H](NC(=O)c1ccc2ccccc2n1)C(=O)OC. The van der Waals surface area contributed by atoms with Crippen LogP contribution in [-0.2, 0) is 9.53 Å². The number of rotatable bonds is 6. The van der Waals surface area contributed by atoms with E-state index in [1.54, 1.807) is 6.07 Å². The molecular weight excluding hydrogens is 292 g/mol. The van der Waals surface area contributed by atoms with E-state index in [1.807, 2.05) is 30.3 Å². The number of amides is 1. The summed E-state index contributed by atoms with van der Waals surface area (Å²) in [5.74, 6) is 1.61. The van der Waals surface area contributed by atoms with E-state index in [-0.39, 0.29) is 5.69 Å². The van der Waals surface area contributed by atoms with Gasteiger partial charge in [-0.05, 0) is 25.0 Å². The number of nitrogens with one attached hydrogen (secondary N) is 1. The molecule has 5 heteroatoms. The first-order valence-corrected chi connectivity index (χ1v) is 7.33. The van der Waals surface area contributed by atoms with Crippen LogP contribution in [0.1, 0.15) is 29.8 Å². The van der Waals surface area contributed by atoms with E-state index in [0.717, 1.165) is 10.9 Å². The number of aromatic nitrogens is 1. The van der Waals surface area contributed by atoms with Gasteiger partial charge < -0.3 is 10.1 Å². The minimum absolute atomic E-state index is 0.259. The van der Waals surface area contributed by atoms with Gasteiger partial charge in [-0.2, -0.15) is 0 Å². The van der Waals surface area contributed by atoms with Gasteiger partial charge >= 0.3 is 5.97 Å². The van der Waals surface area contributed by atoms with Crippen molar-refractivity contribution in [2.24, 2.45) is 0 Å². The standard InChI is InChI=1S/C18H18N2O3/c1-3-4-5-10-16(18(22)23-2)20-17(21)15-12-11-13-8-6-7-9-14(13)19-15/h1,6-9,11-12,16H,4-5,10H2,2H3,(H,20,21)/t16-/m1/s1. The zero-order valence-electron chi connectivity index (χ0n) is 12.9. The number of hydrogen-bond acceptors (Lipinski definition) is 4. The van der Waals surface area contributed by atoms with Crippen molar-refractivity contribution < 1.29 is 14.3 Å². The van der Waals surface area contributed by atoms with Crippen LogP contribution < -0.4 is 5.32 Å². The number of nitrogens with zero attached hydrogens (tertiary/aromatic N) is 1. The Morgan fingerprint density at radius 3 is 2.83 bits per heavy atom. The van der Waals surface area contributed by atoms with Crippen LogP contribution in [-0.4, -0.2) is 30.0 Å². The Morgan fingerprint density at radius 2 is 2.09 bits per heavy atom. The van der Waals surface area contributed by atoms with Crippen LogP contribution in [0.15, 0.2) is 36.4 Å². The number of para-hydroxylation sites is 1. The van der Waals surface area contributed by atoms with E-state index < -0.39 is 17.9 Å². The van der Waals surface area contributed by atoms with Crippen molar-refractivity contribution in [3.05, 3.63) is 42.1 Å². The molecule has 1 amide bonds. The van der Waals surface area contributed by atoms with Crippen molar-refractivity contribution in [1.82, 2.24) is 10.3 Å². The van der Waals surface area contributed by atoms with Crippen molar-refractivity contribution in [2.45, 2.75) is 25.3 Å². The minimum Gasteiger partial charge on any atom is -0.467 e. The Morgan fingerprint density at radius 1 is 1.30 bits per heavy atom. The average Bonchev–Trinajstić information content (AvgIpc) is 2.59. The molecule has 0 spiro atoms. The molecule has 1 N–H and O–H groups in total. The van der Waals surface area contributed by atoms with Crippen LogP contribution in [0.4, 0.5) is 0 Å². The smallest absolute Gasteiger partial charge is 0.328 e. The van der Waals surface area contributed by atoms with Gasteiger partial charge in [-0.25, -0.2) is 9.78 Å². The lowest BCUT2D eigenvalue weighted by molar-refractivity contribution is -0.143. The highest BCUT2D eigenvalue weighted by Crippen LogP contribution is 2.12. The number of esters is 1. The third-order valence-electron chi connectivity index (χ3n) is 3.44. The fourth-order valence-corrected chi connectivity index (χ4v) is 2.22. The summed E-state index contributed by atoms with van der Waals surface area (Å²) in [4.78, 5) is 28.4. The third-order valence-corrected chi connectivity index (χ3v) is 3.44. The molecule has 0 aliphatic rings. The molecule has 0 radical (unpaired) electrons. The van der Waals surface area contributed by atoms with Crippen LogP contribution in [0, 0.1) is 12.3 Å². The third kappa shape index (κ3) is 4.30. The topological polar surface area (TPSA) is 68.3 Å². The summed E-state index contributed by atoms with van der Waals surface area (Å²) in [7, 11) is 1.29. The van der Waals surface area contributed by atoms with Gasteiger partial charge in [0, 0.05) is 11.8 Å². The second-order valence-corrected chi connectivity index (χ2v) is 5.03. The number of hydrogen-bond donors (Lipinski definition) is 1. The largest absolute Gasteiger partial charge is 0.467 e. The molecule has 5 nitrogen and oxygen atoms in total. The molecular formula is C18H18N2O3. The second kappa shape index (κ2) is 7.95. The summed E-state index contributed by atoms with van der Waals surface area (Å²) in [5, 5.41) is 3.61. The maximum absolute atomic E-state index is 12.3. The molecule has 0 fully saturated rings. The Bertz CT molecular complexity index is 749. The summed E-state index contributed by atoms with van der Waals surface area (Å²) in [5.41, 5.74) is 0.983. The summed E-state index contributed by atoms with van der Waals surface area (Å²) < 4.78 is 4.72. The highest BCUT2D eigenvalue weighted by atomic mass is 16.5. The predicted octanol–water partition coefficient (Wildman–Crippen LogP) is 2.31. The van der Waals surface area contributed by atoms with Crippen molar-refractivity contribution in [3.63, 3.8) is 0 Å². The molecule has 1 heterocycles. The number of methoxy groups -OCH3 is 1. The number of unbranched alkanes of at least 4 members (excludes halogenated alkanes) is 1. The molecule has 0 saturated heterocycles. The van der Waals surface area contributed by atoms with Gasteiger partial charge in [-0.15, -0.1) is 12.3 Å². The summed E-state index contributed by atoms with van der Waals surface area (Å²) in [6.45, 7) is 0. The van der Waals surface area contributed by atoms with Gasteiger partial charge in [0.15, 0.2) is 0 Å². The number of benzene rings is 1. The molecule has 118 valence electrons. The highest BCUT2D eigenvalue weighted by Gasteiger charge is 2.22. The summed E-state index contributed by atoms with van der Waals surface area (Å²) in [6.07, 6.45) is 6.80. The van der Waals surface area contributed by atoms with Crippen molar-refractivity contribution in [2.75, 3.05) is 7.11 Å². The Labute approximate surface area is 135 Å². The lowest BCUT2D eigenvalue weighted by Gasteiger charge is -2.15. The summed E-state index contributed by atoms with van der Waals surface area (Å²) in [6, 6.07) is 10.2. The van der Waals surface area contributed by atoms with Crippen molar-refractivity contribution >= 4 is 22.8 Å². The van der Waals surface area contributed by atoms with E-state index in [1.165, 1.54) is 7.11 Å². The normalized spacial score (nSPS) is 11.5. The maximum Gasteiger partial charge on any atom is 0.328 e. The van der Waals surface area contributed by atoms with Gasteiger partial charge in [0.1, 0.15) is 11.7 Å². The number of carbonyl (C=O) groups excluding carboxylic acids is 2. The monoisotopic (exact) mass is 310 g/mol. The first-order valence-electron chi connectivity index (χ1n) is 7.33. The van der Waals surface area contributed by atoms with Crippen molar-refractivity contribution in [3.8, 4) is 12.3 Å². The second-order valence-electron chi connectivity index (χ2n) is 5.03. The number of pyridine rings is 1. The van der Waals surface area contributed by atoms with Crippen LogP contribution in [0.2, 0.25) is 0 Å². The lowest BCUT2D eigenvalue weighted by Crippen LogP contribution is -2.41. The van der Waals surface area contributed by atoms with E-state index >= 15 is 0 Å². The quantitative estimate of drug-likeness (QED) is 0.505. The molecule has 2 rings (SSSR count). The molecule has 0 aliphatic carbocycles. The van der Waals surface area contributed by atoms with Crippen LogP contribution >= 0.6 is 0 Å². The first-order chi connectivity index (χ1) is 11.2. The average molecular weight is 310 g/mol. The van der Waals surface area contributed by atoms with Crippen LogP contribution in [0.5, 0.6) is 0 Å². The van der Waals surface area contributed by atoms with Gasteiger partial charge in [-0.3, -0.25) is 4.79 Å². The predicted molar refractivity (Wildman–Crippen MR) is 87.7 cm³/mol. The van der Waals surface area contributed by atoms with Crippen molar-refractivity contribution in [1.29, 1.82) is 0 Å². The fourth-order valence-electron chi connectivity index (χ4n) is 2.22. The van der Waals surface area contributed by atoms with Gasteiger partial charge in [-0.1, -0.05) is 24.3 Å². The van der Waals surface area contributed by atoms with Gasteiger partial charge in [0.2, 0.25) is 0 Å². The molecule has 23 heavy (non-hydrogen) atoms. The Hall–Kier alpha value is -2.87. The number of carbonyl (C=O) groups is 2. The fraction of sp³-hybridized carbons (Fsp3) is 0.278. The molecule has 0 aliphatic heterocycles. The zero-order valence-corrected chi connectivity index (χ0v) is 12.9. The molecule has 1 atom stereocenters. The van der Waals surface area contributed by atoms with E-state index in [0.29, 0.717) is 19.3 Å². The lowest BCUT2D eigenvalue weighted by atomic mass is 10.1. The number of ether oxygens (including phenoxy) is 1. The number of fused-ring (bicyclic) bond motifs is 1. The van der Waals surface area contributed by atoms with Gasteiger partial charge in [0.25, 0.3) is 5.91 Å². The molecule has 1 aromatic heterocycles. The Kier molecular flexibility index (Phi) is 5.70. The van der Waals surface area contributed by atoms with Crippen LogP contribution in [0.25, 0.3) is 10.9 Å². The van der Waals surface area contributed by atoms with E-state index in [4.69, 9.17) is 11.2 Å².